The number of hydrogen-bond acceptors (Lipinski definition) is 1. The molecule has 0 N–H and O–H groups in total. The summed E-state index contributed by atoms with van der Waals surface area (Å²) >= 11 is 0. The second-order valence-corrected chi connectivity index (χ2v) is 3.56. The highest BCUT2D eigenvalue weighted by Gasteiger charge is 2.21. The standard InChI is InChI=1S/C8H17N.C2H6/c1-7(2)8-4-5-9(3)6-8;1-2/h7-8H,4-6H2,1-3H3;1-2H3/t8-;/m1./s1. The molecule has 1 nitrogen and oxygen atoms in total. The van der Waals surface area contributed by atoms with Crippen LogP contribution < -0.4 is 0 Å². The van der Waals surface area contributed by atoms with Gasteiger partial charge in [-0.1, -0.05) is 27.7 Å². The zero-order valence-corrected chi connectivity index (χ0v) is 8.72. The Morgan fingerprint density at radius 2 is 1.82 bits per heavy atom. The molecule has 0 saturated carbocycles. The van der Waals surface area contributed by atoms with Crippen molar-refractivity contribution in [2.24, 2.45) is 11.8 Å². The molecule has 0 aromatic carbocycles. The second-order valence-electron chi connectivity index (χ2n) is 3.56. The van der Waals surface area contributed by atoms with E-state index in [1.807, 2.05) is 13.8 Å². The van der Waals surface area contributed by atoms with Crippen molar-refractivity contribution in [3.8, 4) is 0 Å². The van der Waals surface area contributed by atoms with Gasteiger partial charge in [0, 0.05) is 6.54 Å². The van der Waals surface area contributed by atoms with Crippen molar-refractivity contribution in [1.82, 2.24) is 4.90 Å². The molecule has 0 bridgehead atoms. The molecule has 0 aromatic rings. The molecule has 1 fully saturated rings. The van der Waals surface area contributed by atoms with Crippen molar-refractivity contribution in [3.05, 3.63) is 0 Å². The molecule has 1 heteroatoms. The Balaban J connectivity index is 0.000000461. The molecule has 1 aliphatic heterocycles. The summed E-state index contributed by atoms with van der Waals surface area (Å²) in [5, 5.41) is 0. The molecule has 0 amide bonds. The maximum absolute atomic E-state index is 2.42. The fourth-order valence-electron chi connectivity index (χ4n) is 1.51. The Bertz CT molecular complexity index is 88.9. The van der Waals surface area contributed by atoms with Crippen molar-refractivity contribution >= 4 is 0 Å². The summed E-state index contributed by atoms with van der Waals surface area (Å²) < 4.78 is 0. The lowest BCUT2D eigenvalue weighted by molar-refractivity contribution is 0.352. The molecule has 1 heterocycles. The van der Waals surface area contributed by atoms with Gasteiger partial charge >= 0.3 is 0 Å². The third-order valence-electron chi connectivity index (χ3n) is 2.37. The number of likely N-dealkylation sites (tertiary alicyclic amines) is 1. The van der Waals surface area contributed by atoms with Crippen LogP contribution >= 0.6 is 0 Å². The lowest BCUT2D eigenvalue weighted by Gasteiger charge is -2.13. The zero-order valence-electron chi connectivity index (χ0n) is 8.72. The summed E-state index contributed by atoms with van der Waals surface area (Å²) in [7, 11) is 2.21. The van der Waals surface area contributed by atoms with Crippen LogP contribution in [0.15, 0.2) is 0 Å². The summed E-state index contributed by atoms with van der Waals surface area (Å²) in [5.74, 6) is 1.85. The van der Waals surface area contributed by atoms with E-state index < -0.39 is 0 Å². The van der Waals surface area contributed by atoms with Gasteiger partial charge in [-0.15, -0.1) is 0 Å². The van der Waals surface area contributed by atoms with Crippen molar-refractivity contribution in [3.63, 3.8) is 0 Å². The van der Waals surface area contributed by atoms with Crippen LogP contribution in [0, 0.1) is 11.8 Å². The Labute approximate surface area is 71.8 Å². The smallest absolute Gasteiger partial charge is 0.000953 e. The fourth-order valence-corrected chi connectivity index (χ4v) is 1.51. The van der Waals surface area contributed by atoms with Gasteiger partial charge in [-0.05, 0) is 31.8 Å². The van der Waals surface area contributed by atoms with E-state index in [9.17, 15) is 0 Å². The van der Waals surface area contributed by atoms with Crippen LogP contribution in [0.4, 0.5) is 0 Å². The first-order valence-corrected chi connectivity index (χ1v) is 4.88. The minimum atomic E-state index is 0.884. The summed E-state index contributed by atoms with van der Waals surface area (Å²) in [6.45, 7) is 11.3. The monoisotopic (exact) mass is 157 g/mol. The van der Waals surface area contributed by atoms with Gasteiger partial charge in [-0.3, -0.25) is 0 Å². The lowest BCUT2D eigenvalue weighted by atomic mass is 9.95. The summed E-state index contributed by atoms with van der Waals surface area (Å²) in [6, 6.07) is 0. The van der Waals surface area contributed by atoms with Crippen molar-refractivity contribution in [2.75, 3.05) is 20.1 Å². The Morgan fingerprint density at radius 1 is 1.27 bits per heavy atom. The molecule has 1 rings (SSSR count). The van der Waals surface area contributed by atoms with E-state index in [1.54, 1.807) is 0 Å². The predicted octanol–water partition coefficient (Wildman–Crippen LogP) is 2.62. The fraction of sp³-hybridized carbons (Fsp3) is 1.00. The first kappa shape index (κ1) is 11.0. The number of hydrogen-bond donors (Lipinski definition) is 0. The maximum atomic E-state index is 2.42. The molecular formula is C10H23N. The third kappa shape index (κ3) is 3.76. The van der Waals surface area contributed by atoms with Gasteiger partial charge in [0.1, 0.15) is 0 Å². The molecule has 0 radical (unpaired) electrons. The van der Waals surface area contributed by atoms with E-state index in [4.69, 9.17) is 0 Å². The first-order valence-electron chi connectivity index (χ1n) is 4.88. The van der Waals surface area contributed by atoms with Crippen molar-refractivity contribution in [2.45, 2.75) is 34.1 Å². The zero-order chi connectivity index (χ0) is 8.85. The minimum Gasteiger partial charge on any atom is -0.306 e. The number of nitrogens with zero attached hydrogens (tertiary/aromatic N) is 1. The number of rotatable bonds is 1. The van der Waals surface area contributed by atoms with Crippen LogP contribution in [0.1, 0.15) is 34.1 Å². The summed E-state index contributed by atoms with van der Waals surface area (Å²) in [4.78, 5) is 2.42. The van der Waals surface area contributed by atoms with E-state index in [2.05, 4.69) is 25.8 Å². The van der Waals surface area contributed by atoms with E-state index >= 15 is 0 Å². The maximum Gasteiger partial charge on any atom is 0.000953 e. The topological polar surface area (TPSA) is 3.24 Å². The van der Waals surface area contributed by atoms with Crippen LogP contribution in [0.5, 0.6) is 0 Å². The van der Waals surface area contributed by atoms with Crippen molar-refractivity contribution in [1.29, 1.82) is 0 Å². The largest absolute Gasteiger partial charge is 0.306 e. The summed E-state index contributed by atoms with van der Waals surface area (Å²) in [6.07, 6.45) is 1.41. The molecule has 1 saturated heterocycles. The van der Waals surface area contributed by atoms with Crippen LogP contribution in [0.2, 0.25) is 0 Å². The average Bonchev–Trinajstić information content (AvgIpc) is 2.40. The van der Waals surface area contributed by atoms with Gasteiger partial charge in [-0.25, -0.2) is 0 Å². The highest BCUT2D eigenvalue weighted by Crippen LogP contribution is 2.21. The molecule has 0 aromatic heterocycles. The molecule has 0 spiro atoms. The lowest BCUT2D eigenvalue weighted by Crippen LogP contribution is -2.16. The van der Waals surface area contributed by atoms with Crippen LogP contribution in [0.25, 0.3) is 0 Å². The minimum absolute atomic E-state index is 0.884. The van der Waals surface area contributed by atoms with Gasteiger partial charge in [0.2, 0.25) is 0 Å². The van der Waals surface area contributed by atoms with Crippen molar-refractivity contribution < 1.29 is 0 Å². The van der Waals surface area contributed by atoms with Gasteiger partial charge < -0.3 is 4.90 Å². The molecule has 68 valence electrons. The SMILES string of the molecule is CC.CC(C)[C@@H]1CCN(C)C1. The molecule has 1 aliphatic rings. The normalized spacial score (nSPS) is 25.1. The van der Waals surface area contributed by atoms with E-state index in [0.717, 1.165) is 11.8 Å². The highest BCUT2D eigenvalue weighted by molar-refractivity contribution is 4.74. The molecule has 11 heavy (non-hydrogen) atoms. The van der Waals surface area contributed by atoms with E-state index in [0.29, 0.717) is 0 Å². The Hall–Kier alpha value is -0.0400. The first-order chi connectivity index (χ1) is 5.20. The van der Waals surface area contributed by atoms with Gasteiger partial charge in [0.25, 0.3) is 0 Å². The van der Waals surface area contributed by atoms with Crippen LogP contribution in [-0.2, 0) is 0 Å². The molecule has 0 unspecified atom stereocenters. The van der Waals surface area contributed by atoms with Crippen LogP contribution in [-0.4, -0.2) is 25.0 Å². The summed E-state index contributed by atoms with van der Waals surface area (Å²) in [5.41, 5.74) is 0. The molecular weight excluding hydrogens is 134 g/mol. The molecule has 1 atom stereocenters. The van der Waals surface area contributed by atoms with E-state index in [-0.39, 0.29) is 0 Å². The average molecular weight is 157 g/mol. The predicted molar refractivity (Wildman–Crippen MR) is 51.8 cm³/mol. The van der Waals surface area contributed by atoms with Crippen LogP contribution in [0.3, 0.4) is 0 Å². The molecule has 0 aliphatic carbocycles. The highest BCUT2D eigenvalue weighted by atomic mass is 15.1. The Kier molecular flexibility index (Phi) is 5.57. The van der Waals surface area contributed by atoms with Gasteiger partial charge in [0.15, 0.2) is 0 Å². The van der Waals surface area contributed by atoms with E-state index in [1.165, 1.54) is 19.5 Å². The third-order valence-corrected chi connectivity index (χ3v) is 2.37. The van der Waals surface area contributed by atoms with Gasteiger partial charge in [0.05, 0.1) is 0 Å². The van der Waals surface area contributed by atoms with Gasteiger partial charge in [-0.2, -0.15) is 0 Å². The Morgan fingerprint density at radius 3 is 2.00 bits per heavy atom. The second kappa shape index (κ2) is 5.59. The quantitative estimate of drug-likeness (QED) is 0.565.